The average Bonchev–Trinajstić information content (AvgIpc) is 3.55. The molecule has 0 spiro atoms. The molecule has 36 heavy (non-hydrogen) atoms. The van der Waals surface area contributed by atoms with E-state index < -0.39 is 37.8 Å². The number of H-pyrrole nitrogens is 1. The summed E-state index contributed by atoms with van der Waals surface area (Å²) < 4.78 is 64.9. The van der Waals surface area contributed by atoms with Crippen molar-refractivity contribution in [2.75, 3.05) is 11.8 Å². The number of hydrogen-bond acceptors (Lipinski definition) is 8. The summed E-state index contributed by atoms with van der Waals surface area (Å²) in [6.45, 7) is 0. The average molecular weight is 508 g/mol. The Morgan fingerprint density at radius 1 is 1.19 bits per heavy atom. The van der Waals surface area contributed by atoms with Crippen molar-refractivity contribution in [1.82, 2.24) is 29.5 Å². The smallest absolute Gasteiger partial charge is 0.267 e. The number of benzene rings is 1. The topological polar surface area (TPSA) is 151 Å². The molecule has 5 aromatic rings. The number of aromatic amines is 1. The van der Waals surface area contributed by atoms with Crippen LogP contribution in [0.3, 0.4) is 0 Å². The Labute approximate surface area is 202 Å². The van der Waals surface area contributed by atoms with Gasteiger partial charge in [-0.3, -0.25) is 4.72 Å². The zero-order valence-electron chi connectivity index (χ0n) is 18.3. The maximum Gasteiger partial charge on any atom is 0.267 e. The molecule has 0 bridgehead atoms. The largest absolute Gasteiger partial charge is 0.480 e. The van der Waals surface area contributed by atoms with Gasteiger partial charge in [0.15, 0.2) is 16.5 Å². The summed E-state index contributed by atoms with van der Waals surface area (Å²) in [5.74, 6) is -1.92. The summed E-state index contributed by atoms with van der Waals surface area (Å²) in [4.78, 5) is 10.4. The molecule has 0 radical (unpaired) electrons. The molecule has 0 fully saturated rings. The molecule has 0 aliphatic rings. The second kappa shape index (κ2) is 8.71. The van der Waals surface area contributed by atoms with Crippen molar-refractivity contribution in [3.63, 3.8) is 0 Å². The number of methoxy groups -OCH3 is 1. The Morgan fingerprint density at radius 2 is 2.03 bits per heavy atom. The first-order chi connectivity index (χ1) is 17.3. The van der Waals surface area contributed by atoms with Crippen LogP contribution < -0.4 is 9.46 Å². The quantitative estimate of drug-likeness (QED) is 0.355. The van der Waals surface area contributed by atoms with Crippen LogP contribution in [0.1, 0.15) is 5.56 Å². The third kappa shape index (κ3) is 3.87. The van der Waals surface area contributed by atoms with Crippen LogP contribution in [0, 0.1) is 23.0 Å². The van der Waals surface area contributed by atoms with Gasteiger partial charge in [0, 0.05) is 18.0 Å². The minimum Gasteiger partial charge on any atom is -0.480 e. The number of nitrogens with zero attached hydrogens (tertiary/aromatic N) is 6. The van der Waals surface area contributed by atoms with Crippen molar-refractivity contribution in [3.8, 4) is 34.6 Å². The van der Waals surface area contributed by atoms with E-state index in [0.717, 1.165) is 24.4 Å². The van der Waals surface area contributed by atoms with E-state index in [2.05, 4.69) is 29.9 Å². The van der Waals surface area contributed by atoms with E-state index in [1.807, 2.05) is 0 Å². The molecule has 0 atom stereocenters. The van der Waals surface area contributed by atoms with E-state index in [1.54, 1.807) is 16.5 Å². The van der Waals surface area contributed by atoms with Crippen molar-refractivity contribution in [1.29, 1.82) is 5.26 Å². The number of sulfonamides is 1. The lowest BCUT2D eigenvalue weighted by atomic mass is 10.0. The van der Waals surface area contributed by atoms with Crippen molar-refractivity contribution in [2.24, 2.45) is 0 Å². The van der Waals surface area contributed by atoms with Crippen molar-refractivity contribution in [3.05, 3.63) is 72.6 Å². The van der Waals surface area contributed by atoms with E-state index in [9.17, 15) is 12.8 Å². The number of nitrogens with one attached hydrogen (secondary N) is 2. The minimum atomic E-state index is -4.46. The minimum absolute atomic E-state index is 0.0465. The Bertz CT molecular complexity index is 1760. The fourth-order valence-corrected chi connectivity index (χ4v) is 4.79. The van der Waals surface area contributed by atoms with Gasteiger partial charge in [-0.1, -0.05) is 6.07 Å². The molecule has 0 aliphatic heterocycles. The third-order valence-electron chi connectivity index (χ3n) is 5.23. The number of ether oxygens (including phenoxy) is 1. The normalized spacial score (nSPS) is 11.4. The summed E-state index contributed by atoms with van der Waals surface area (Å²) >= 11 is 0. The molecule has 11 nitrogen and oxygen atoms in total. The first-order valence-corrected chi connectivity index (χ1v) is 11.6. The molecule has 0 saturated heterocycles. The van der Waals surface area contributed by atoms with Gasteiger partial charge in [-0.2, -0.15) is 5.26 Å². The van der Waals surface area contributed by atoms with Crippen LogP contribution in [0.2, 0.25) is 0 Å². The highest BCUT2D eigenvalue weighted by atomic mass is 32.2. The standard InChI is InChI=1S/C22H14F2N8O3S/c1-35-22-17(6-12(7-25)8-26-22)36(33,34)31-15-4-3-14(23)18(19(15)24)13-2-5-16-20(21-27-10-29-30-21)28-11-32(16)9-13/h2-6,8-11,31H,1H3,(H,27,29,30). The molecule has 2 N–H and O–H groups in total. The van der Waals surface area contributed by atoms with Crippen molar-refractivity contribution >= 4 is 21.2 Å². The van der Waals surface area contributed by atoms with Gasteiger partial charge in [-0.25, -0.2) is 27.2 Å². The Hall–Kier alpha value is -4.90. The number of nitriles is 1. The van der Waals surface area contributed by atoms with Crippen LogP contribution in [-0.2, 0) is 10.0 Å². The number of fused-ring (bicyclic) bond motifs is 1. The van der Waals surface area contributed by atoms with Gasteiger partial charge < -0.3 is 14.1 Å². The van der Waals surface area contributed by atoms with Crippen molar-refractivity contribution in [2.45, 2.75) is 4.90 Å². The number of rotatable bonds is 6. The Balaban J connectivity index is 1.56. The number of halogens is 2. The Morgan fingerprint density at radius 3 is 2.75 bits per heavy atom. The Kier molecular flexibility index (Phi) is 5.53. The zero-order valence-corrected chi connectivity index (χ0v) is 19.1. The predicted molar refractivity (Wildman–Crippen MR) is 122 cm³/mol. The van der Waals surface area contributed by atoms with Gasteiger partial charge in [-0.15, -0.1) is 10.2 Å². The lowest BCUT2D eigenvalue weighted by molar-refractivity contribution is 0.385. The van der Waals surface area contributed by atoms with Crippen LogP contribution in [0.15, 0.2) is 60.3 Å². The number of hydrogen-bond donors (Lipinski definition) is 2. The summed E-state index contributed by atoms with van der Waals surface area (Å²) in [6, 6.07) is 7.78. The molecule has 4 aromatic heterocycles. The van der Waals surface area contributed by atoms with Crippen LogP contribution >= 0.6 is 0 Å². The van der Waals surface area contributed by atoms with Crippen molar-refractivity contribution < 1.29 is 21.9 Å². The van der Waals surface area contributed by atoms with E-state index in [4.69, 9.17) is 10.00 Å². The molecule has 5 rings (SSSR count). The number of anilines is 1. The molecular weight excluding hydrogens is 494 g/mol. The lowest BCUT2D eigenvalue weighted by Gasteiger charge is -2.14. The van der Waals surface area contributed by atoms with Crippen LogP contribution in [0.25, 0.3) is 28.2 Å². The predicted octanol–water partition coefficient (Wildman–Crippen LogP) is 3.14. The number of aromatic nitrogens is 6. The van der Waals surface area contributed by atoms with Crippen LogP contribution in [-0.4, -0.2) is 45.1 Å². The SMILES string of the molecule is COc1ncc(C#N)cc1S(=O)(=O)Nc1ccc(F)c(-c2ccc3c(-c4nnc[nH]4)ncn3c2)c1F. The number of imidazole rings is 1. The fraction of sp³-hybridized carbons (Fsp3) is 0.0455. The molecule has 1 aromatic carbocycles. The van der Waals surface area contributed by atoms with Crippen LogP contribution in [0.5, 0.6) is 5.88 Å². The zero-order chi connectivity index (χ0) is 25.4. The summed E-state index contributed by atoms with van der Waals surface area (Å²) in [7, 11) is -3.26. The third-order valence-corrected chi connectivity index (χ3v) is 6.59. The van der Waals surface area contributed by atoms with Gasteiger partial charge >= 0.3 is 0 Å². The summed E-state index contributed by atoms with van der Waals surface area (Å²) in [5, 5.41) is 16.7. The fourth-order valence-electron chi connectivity index (χ4n) is 3.59. The molecule has 0 amide bonds. The highest BCUT2D eigenvalue weighted by Crippen LogP contribution is 2.33. The maximum atomic E-state index is 15.5. The van der Waals surface area contributed by atoms with Gasteiger partial charge in [-0.05, 0) is 24.3 Å². The number of pyridine rings is 2. The lowest BCUT2D eigenvalue weighted by Crippen LogP contribution is -2.16. The molecule has 0 aliphatic carbocycles. The first kappa shape index (κ1) is 22.9. The highest BCUT2D eigenvalue weighted by Gasteiger charge is 2.25. The van der Waals surface area contributed by atoms with E-state index in [-0.39, 0.29) is 17.0 Å². The molecule has 14 heteroatoms. The second-order valence-corrected chi connectivity index (χ2v) is 9.02. The van der Waals surface area contributed by atoms with Gasteiger partial charge in [0.05, 0.1) is 29.4 Å². The van der Waals surface area contributed by atoms with Gasteiger partial charge in [0.2, 0.25) is 5.88 Å². The highest BCUT2D eigenvalue weighted by molar-refractivity contribution is 7.92. The van der Waals surface area contributed by atoms with E-state index >= 15 is 4.39 Å². The van der Waals surface area contributed by atoms with Gasteiger partial charge in [0.25, 0.3) is 10.0 Å². The molecule has 0 saturated carbocycles. The monoisotopic (exact) mass is 508 g/mol. The first-order valence-electron chi connectivity index (χ1n) is 10.1. The summed E-state index contributed by atoms with van der Waals surface area (Å²) in [5.41, 5.74) is 0.209. The molecule has 180 valence electrons. The maximum absolute atomic E-state index is 15.5. The molecule has 0 unspecified atom stereocenters. The summed E-state index contributed by atoms with van der Waals surface area (Å²) in [6.07, 6.45) is 5.43. The van der Waals surface area contributed by atoms with Crippen LogP contribution in [0.4, 0.5) is 14.5 Å². The van der Waals surface area contributed by atoms with E-state index in [0.29, 0.717) is 17.0 Å². The van der Waals surface area contributed by atoms with Gasteiger partial charge in [0.1, 0.15) is 30.2 Å². The molecular formula is C22H14F2N8O3S. The van der Waals surface area contributed by atoms with E-state index in [1.165, 1.54) is 32.0 Å². The second-order valence-electron chi connectivity index (χ2n) is 7.37. The molecule has 4 heterocycles.